The lowest BCUT2D eigenvalue weighted by molar-refractivity contribution is -0.126. The molecule has 1 atom stereocenters. The van der Waals surface area contributed by atoms with E-state index in [1.807, 2.05) is 4.90 Å². The highest BCUT2D eigenvalue weighted by Gasteiger charge is 2.31. The smallest absolute Gasteiger partial charge is 0.254 e. The fraction of sp³-hybridized carbons (Fsp3) is 0.344. The third kappa shape index (κ3) is 5.53. The first-order valence-electron chi connectivity index (χ1n) is 13.1. The zero-order chi connectivity index (χ0) is 24.9. The van der Waals surface area contributed by atoms with Crippen LogP contribution in [-0.4, -0.2) is 30.0 Å². The molecule has 1 fully saturated rings. The van der Waals surface area contributed by atoms with Crippen molar-refractivity contribution in [3.63, 3.8) is 0 Å². The molecule has 36 heavy (non-hydrogen) atoms. The van der Waals surface area contributed by atoms with Crippen molar-refractivity contribution in [2.24, 2.45) is 0 Å². The molecule has 1 heterocycles. The van der Waals surface area contributed by atoms with Gasteiger partial charge in [0.05, 0.1) is 0 Å². The number of aryl methyl sites for hydroxylation is 1. The summed E-state index contributed by atoms with van der Waals surface area (Å²) in [7, 11) is 0. The highest BCUT2D eigenvalue weighted by molar-refractivity contribution is 6.21. The maximum atomic E-state index is 13.9. The molecule has 3 aromatic carbocycles. The summed E-state index contributed by atoms with van der Waals surface area (Å²) in [4.78, 5) is 15.8. The number of halogens is 1. The van der Waals surface area contributed by atoms with E-state index in [1.54, 1.807) is 12.1 Å². The van der Waals surface area contributed by atoms with E-state index in [-0.39, 0.29) is 17.8 Å². The summed E-state index contributed by atoms with van der Waals surface area (Å²) in [6.07, 6.45) is 5.62. The second kappa shape index (κ2) is 11.1. The van der Waals surface area contributed by atoms with Gasteiger partial charge in [-0.05, 0) is 67.3 Å². The predicted octanol–water partition coefficient (Wildman–Crippen LogP) is 7.18. The second-order valence-corrected chi connectivity index (χ2v) is 10.1. The van der Waals surface area contributed by atoms with E-state index in [2.05, 4.69) is 61.5 Å². The molecule has 3 nitrogen and oxygen atoms in total. The average Bonchev–Trinajstić information content (AvgIpc) is 3.04. The van der Waals surface area contributed by atoms with E-state index in [9.17, 15) is 9.18 Å². The minimum absolute atomic E-state index is 0.00490. The van der Waals surface area contributed by atoms with Gasteiger partial charge in [0.25, 0.3) is 5.91 Å². The molecule has 3 aromatic rings. The van der Waals surface area contributed by atoms with Gasteiger partial charge < -0.3 is 9.64 Å². The Morgan fingerprint density at radius 1 is 0.944 bits per heavy atom. The van der Waals surface area contributed by atoms with Gasteiger partial charge in [0, 0.05) is 37.6 Å². The van der Waals surface area contributed by atoms with Gasteiger partial charge in [-0.15, -0.1) is 0 Å². The van der Waals surface area contributed by atoms with Crippen LogP contribution in [0.4, 0.5) is 4.39 Å². The Kier molecular flexibility index (Phi) is 7.50. The van der Waals surface area contributed by atoms with Crippen LogP contribution in [-0.2, 0) is 11.2 Å². The molecule has 1 amide bonds. The first-order valence-corrected chi connectivity index (χ1v) is 13.1. The Morgan fingerprint density at radius 3 is 2.47 bits per heavy atom. The number of piperidine rings is 1. The summed E-state index contributed by atoms with van der Waals surface area (Å²) in [5.74, 6) is 0.828. The van der Waals surface area contributed by atoms with Crippen LogP contribution in [0.15, 0.2) is 84.4 Å². The van der Waals surface area contributed by atoms with Crippen LogP contribution in [0, 0.1) is 5.82 Å². The van der Waals surface area contributed by atoms with Crippen molar-refractivity contribution in [2.45, 2.75) is 57.5 Å². The van der Waals surface area contributed by atoms with Crippen molar-refractivity contribution >= 4 is 11.5 Å². The minimum Gasteiger partial charge on any atom is -0.490 e. The summed E-state index contributed by atoms with van der Waals surface area (Å²) >= 11 is 0. The molecule has 1 aliphatic carbocycles. The lowest BCUT2D eigenvalue weighted by Crippen LogP contribution is -2.42. The third-order valence-electron chi connectivity index (χ3n) is 7.63. The van der Waals surface area contributed by atoms with Crippen molar-refractivity contribution in [3.05, 3.63) is 107 Å². The van der Waals surface area contributed by atoms with Crippen molar-refractivity contribution < 1.29 is 13.9 Å². The van der Waals surface area contributed by atoms with Crippen LogP contribution in [0.5, 0.6) is 5.75 Å². The predicted molar refractivity (Wildman–Crippen MR) is 142 cm³/mol. The lowest BCUT2D eigenvalue weighted by Gasteiger charge is -2.33. The first kappa shape index (κ1) is 24.3. The highest BCUT2D eigenvalue weighted by atomic mass is 19.1. The molecule has 0 saturated carbocycles. The largest absolute Gasteiger partial charge is 0.490 e. The molecule has 0 N–H and O–H groups in total. The van der Waals surface area contributed by atoms with Gasteiger partial charge in [0.15, 0.2) is 0 Å². The Hall–Kier alpha value is -3.40. The van der Waals surface area contributed by atoms with E-state index in [0.29, 0.717) is 24.8 Å². The SMILES string of the molecule is CC1=C(C(=O)N2CCC(Oc3cccc(F)c3)CC2)c2ccccc2C(CCc2ccccc2)CC1. The number of hydrogen-bond donors (Lipinski definition) is 0. The standard InChI is InChI=1S/C32H34FNO2/c1-23-14-16-25(17-15-24-8-3-2-4-9-24)29-12-5-6-13-30(29)31(23)32(35)34-20-18-27(19-21-34)36-28-11-7-10-26(33)22-28/h2-13,22,25,27H,14-21H2,1H3. The van der Waals surface area contributed by atoms with Crippen molar-refractivity contribution in [3.8, 4) is 5.75 Å². The molecular weight excluding hydrogens is 449 g/mol. The molecule has 5 rings (SSSR count). The molecule has 1 unspecified atom stereocenters. The number of nitrogens with zero attached hydrogens (tertiary/aromatic N) is 1. The van der Waals surface area contributed by atoms with Gasteiger partial charge >= 0.3 is 0 Å². The number of fused-ring (bicyclic) bond motifs is 1. The quantitative estimate of drug-likeness (QED) is 0.372. The van der Waals surface area contributed by atoms with Crippen LogP contribution < -0.4 is 4.74 Å². The van der Waals surface area contributed by atoms with Crippen LogP contribution >= 0.6 is 0 Å². The number of carbonyl (C=O) groups is 1. The third-order valence-corrected chi connectivity index (χ3v) is 7.63. The fourth-order valence-electron chi connectivity index (χ4n) is 5.63. The van der Waals surface area contributed by atoms with Crippen LogP contribution in [0.2, 0.25) is 0 Å². The Bertz CT molecular complexity index is 1230. The van der Waals surface area contributed by atoms with Gasteiger partial charge in [0.2, 0.25) is 0 Å². The van der Waals surface area contributed by atoms with Crippen LogP contribution in [0.25, 0.3) is 5.57 Å². The Labute approximate surface area is 213 Å². The molecular formula is C32H34FNO2. The zero-order valence-electron chi connectivity index (χ0n) is 21.0. The topological polar surface area (TPSA) is 29.5 Å². The number of ether oxygens (including phenoxy) is 1. The summed E-state index contributed by atoms with van der Waals surface area (Å²) in [6, 6.07) is 25.4. The molecule has 0 aromatic heterocycles. The molecule has 0 spiro atoms. The molecule has 1 aliphatic heterocycles. The zero-order valence-corrected chi connectivity index (χ0v) is 21.0. The molecule has 1 saturated heterocycles. The molecule has 0 bridgehead atoms. The van der Waals surface area contributed by atoms with Gasteiger partial charge in [-0.1, -0.05) is 66.2 Å². The van der Waals surface area contributed by atoms with Gasteiger partial charge in [-0.2, -0.15) is 0 Å². The summed E-state index contributed by atoms with van der Waals surface area (Å²) in [5.41, 5.74) is 5.85. The van der Waals surface area contributed by atoms with E-state index in [4.69, 9.17) is 4.74 Å². The average molecular weight is 484 g/mol. The maximum Gasteiger partial charge on any atom is 0.254 e. The number of allylic oxidation sites excluding steroid dienone is 1. The van der Waals surface area contributed by atoms with Crippen LogP contribution in [0.1, 0.15) is 61.6 Å². The summed E-state index contributed by atoms with van der Waals surface area (Å²) < 4.78 is 19.5. The minimum atomic E-state index is -0.295. The molecule has 4 heteroatoms. The monoisotopic (exact) mass is 483 g/mol. The van der Waals surface area contributed by atoms with Gasteiger partial charge in [0.1, 0.15) is 17.7 Å². The summed E-state index contributed by atoms with van der Waals surface area (Å²) in [5, 5.41) is 0. The number of hydrogen-bond acceptors (Lipinski definition) is 2. The number of amides is 1. The number of carbonyl (C=O) groups excluding carboxylic acids is 1. The van der Waals surface area contributed by atoms with Gasteiger partial charge in [-0.3, -0.25) is 4.79 Å². The van der Waals surface area contributed by atoms with Crippen molar-refractivity contribution in [1.29, 1.82) is 0 Å². The first-order chi connectivity index (χ1) is 17.6. The normalized spacial score (nSPS) is 18.5. The van der Waals surface area contributed by atoms with Gasteiger partial charge in [-0.25, -0.2) is 4.39 Å². The lowest BCUT2D eigenvalue weighted by atomic mass is 9.86. The van der Waals surface area contributed by atoms with Crippen LogP contribution in [0.3, 0.4) is 0 Å². The molecule has 2 aliphatic rings. The van der Waals surface area contributed by atoms with E-state index in [1.165, 1.54) is 28.8 Å². The van der Waals surface area contributed by atoms with E-state index >= 15 is 0 Å². The number of benzene rings is 3. The Morgan fingerprint density at radius 2 is 1.69 bits per heavy atom. The van der Waals surface area contributed by atoms with Crippen molar-refractivity contribution in [2.75, 3.05) is 13.1 Å². The summed E-state index contributed by atoms with van der Waals surface area (Å²) in [6.45, 7) is 3.42. The van der Waals surface area contributed by atoms with E-state index < -0.39 is 0 Å². The van der Waals surface area contributed by atoms with Crippen molar-refractivity contribution in [1.82, 2.24) is 4.90 Å². The second-order valence-electron chi connectivity index (χ2n) is 10.1. The fourth-order valence-corrected chi connectivity index (χ4v) is 5.63. The maximum absolute atomic E-state index is 13.9. The Balaban J connectivity index is 1.28. The molecule has 0 radical (unpaired) electrons. The number of likely N-dealkylation sites (tertiary alicyclic amines) is 1. The number of rotatable bonds is 6. The van der Waals surface area contributed by atoms with E-state index in [0.717, 1.165) is 49.7 Å². The molecule has 186 valence electrons. The highest BCUT2D eigenvalue weighted by Crippen LogP contribution is 2.40.